The Morgan fingerprint density at radius 2 is 2.07 bits per heavy atom. The van der Waals surface area contributed by atoms with E-state index in [1.165, 1.54) is 15.9 Å². The van der Waals surface area contributed by atoms with Crippen LogP contribution in [0.4, 0.5) is 24.5 Å². The zero-order valence-electron chi connectivity index (χ0n) is 17.3. The van der Waals surface area contributed by atoms with Gasteiger partial charge in [-0.15, -0.1) is 0 Å². The molecular formula is C20H29F3N4O2. The van der Waals surface area contributed by atoms with Gasteiger partial charge < -0.3 is 20.4 Å². The second kappa shape index (κ2) is 9.47. The van der Waals surface area contributed by atoms with Gasteiger partial charge in [0.05, 0.1) is 22.5 Å². The SMILES string of the molecule is CCN(C=O)c1cc(C(F)(F)F)c(C(=O)N(C(C)C)[C@@H]2CCCNC2)cc1NC. The molecule has 162 valence electrons. The van der Waals surface area contributed by atoms with Gasteiger partial charge in [-0.3, -0.25) is 9.59 Å². The average Bonchev–Trinajstić information content (AvgIpc) is 2.68. The van der Waals surface area contributed by atoms with Crippen molar-refractivity contribution in [2.75, 3.05) is 36.9 Å². The maximum Gasteiger partial charge on any atom is 0.417 e. The number of anilines is 2. The van der Waals surface area contributed by atoms with E-state index in [0.29, 0.717) is 18.6 Å². The van der Waals surface area contributed by atoms with Crippen LogP contribution < -0.4 is 15.5 Å². The lowest BCUT2D eigenvalue weighted by Crippen LogP contribution is -2.52. The van der Waals surface area contributed by atoms with Gasteiger partial charge in [-0.05, 0) is 52.3 Å². The predicted molar refractivity (Wildman–Crippen MR) is 107 cm³/mol. The van der Waals surface area contributed by atoms with E-state index in [0.717, 1.165) is 25.5 Å². The van der Waals surface area contributed by atoms with E-state index in [1.807, 2.05) is 0 Å². The summed E-state index contributed by atoms with van der Waals surface area (Å²) in [6.45, 7) is 6.86. The van der Waals surface area contributed by atoms with E-state index in [1.54, 1.807) is 27.8 Å². The van der Waals surface area contributed by atoms with E-state index >= 15 is 0 Å². The molecular weight excluding hydrogens is 385 g/mol. The van der Waals surface area contributed by atoms with Crippen LogP contribution in [-0.2, 0) is 11.0 Å². The largest absolute Gasteiger partial charge is 0.417 e. The molecule has 1 heterocycles. The van der Waals surface area contributed by atoms with Crippen LogP contribution in [0.1, 0.15) is 49.5 Å². The minimum atomic E-state index is -4.73. The predicted octanol–water partition coefficient (Wildman–Crippen LogP) is 3.33. The van der Waals surface area contributed by atoms with Crippen LogP contribution in [-0.4, -0.2) is 56.0 Å². The molecule has 0 saturated carbocycles. The van der Waals surface area contributed by atoms with Crippen molar-refractivity contribution in [2.45, 2.75) is 51.9 Å². The third kappa shape index (κ3) is 5.01. The molecule has 29 heavy (non-hydrogen) atoms. The maximum absolute atomic E-state index is 13.9. The highest BCUT2D eigenvalue weighted by Crippen LogP contribution is 2.39. The quantitative estimate of drug-likeness (QED) is 0.672. The highest BCUT2D eigenvalue weighted by atomic mass is 19.4. The summed E-state index contributed by atoms with van der Waals surface area (Å²) in [4.78, 5) is 27.4. The molecule has 0 aromatic heterocycles. The Labute approximate surface area is 169 Å². The maximum atomic E-state index is 13.9. The summed E-state index contributed by atoms with van der Waals surface area (Å²) >= 11 is 0. The number of amides is 2. The highest BCUT2D eigenvalue weighted by molar-refractivity contribution is 5.99. The number of carbonyl (C=O) groups is 2. The Morgan fingerprint density at radius 1 is 1.38 bits per heavy atom. The molecule has 2 amide bonds. The van der Waals surface area contributed by atoms with Crippen molar-refractivity contribution in [3.05, 3.63) is 23.3 Å². The third-order valence-corrected chi connectivity index (χ3v) is 5.17. The van der Waals surface area contributed by atoms with Crippen LogP contribution in [0.5, 0.6) is 0 Å². The van der Waals surface area contributed by atoms with Crippen molar-refractivity contribution in [2.24, 2.45) is 0 Å². The van der Waals surface area contributed by atoms with Gasteiger partial charge in [0, 0.05) is 32.2 Å². The van der Waals surface area contributed by atoms with Crippen molar-refractivity contribution < 1.29 is 22.8 Å². The van der Waals surface area contributed by atoms with E-state index in [2.05, 4.69) is 10.6 Å². The van der Waals surface area contributed by atoms with Crippen LogP contribution in [0.2, 0.25) is 0 Å². The normalized spacial score (nSPS) is 17.2. The molecule has 1 fully saturated rings. The number of hydrogen-bond acceptors (Lipinski definition) is 4. The van der Waals surface area contributed by atoms with Gasteiger partial charge in [0.25, 0.3) is 5.91 Å². The summed E-state index contributed by atoms with van der Waals surface area (Å²) in [5.41, 5.74) is -1.07. The number of piperidine rings is 1. The number of benzene rings is 1. The van der Waals surface area contributed by atoms with Gasteiger partial charge >= 0.3 is 6.18 Å². The van der Waals surface area contributed by atoms with Crippen molar-refractivity contribution in [1.29, 1.82) is 0 Å². The zero-order chi connectivity index (χ0) is 21.8. The molecule has 0 radical (unpaired) electrons. The fourth-order valence-electron chi connectivity index (χ4n) is 3.77. The number of hydrogen-bond donors (Lipinski definition) is 2. The Hall–Kier alpha value is -2.29. The molecule has 1 aromatic rings. The van der Waals surface area contributed by atoms with Gasteiger partial charge in [0.2, 0.25) is 6.41 Å². The molecule has 0 unspecified atom stereocenters. The van der Waals surface area contributed by atoms with Gasteiger partial charge in [0.15, 0.2) is 0 Å². The molecule has 0 spiro atoms. The summed E-state index contributed by atoms with van der Waals surface area (Å²) in [5, 5.41) is 6.02. The molecule has 2 rings (SSSR count). The first-order valence-electron chi connectivity index (χ1n) is 9.83. The average molecular weight is 414 g/mol. The summed E-state index contributed by atoms with van der Waals surface area (Å²) in [7, 11) is 1.55. The lowest BCUT2D eigenvalue weighted by atomic mass is 9.98. The molecule has 9 heteroatoms. The standard InChI is InChI=1S/C20H29F3N4O2/c1-5-26(12-28)18-10-16(20(21,22)23)15(9-17(18)24-4)19(29)27(13(2)3)14-7-6-8-25-11-14/h9-10,12-14,24-25H,5-8,11H2,1-4H3/t14-/m1/s1. The van der Waals surface area contributed by atoms with Gasteiger partial charge in [-0.25, -0.2) is 0 Å². The second-order valence-electron chi connectivity index (χ2n) is 7.36. The van der Waals surface area contributed by atoms with E-state index in [9.17, 15) is 22.8 Å². The molecule has 2 N–H and O–H groups in total. The van der Waals surface area contributed by atoms with E-state index in [-0.39, 0.29) is 24.3 Å². The minimum absolute atomic E-state index is 0.0873. The van der Waals surface area contributed by atoms with Crippen molar-refractivity contribution in [3.63, 3.8) is 0 Å². The minimum Gasteiger partial charge on any atom is -0.386 e. The number of halogens is 3. The Morgan fingerprint density at radius 3 is 2.52 bits per heavy atom. The van der Waals surface area contributed by atoms with Gasteiger partial charge in [-0.1, -0.05) is 0 Å². The van der Waals surface area contributed by atoms with E-state index < -0.39 is 23.2 Å². The van der Waals surface area contributed by atoms with Crippen LogP contribution in [0.15, 0.2) is 12.1 Å². The first kappa shape index (κ1) is 23.0. The smallest absolute Gasteiger partial charge is 0.386 e. The number of nitrogens with zero attached hydrogens (tertiary/aromatic N) is 2. The lowest BCUT2D eigenvalue weighted by molar-refractivity contribution is -0.138. The number of rotatable bonds is 7. The fraction of sp³-hybridized carbons (Fsp3) is 0.600. The molecule has 1 aliphatic rings. The van der Waals surface area contributed by atoms with Crippen LogP contribution >= 0.6 is 0 Å². The van der Waals surface area contributed by atoms with Gasteiger partial charge in [0.1, 0.15) is 0 Å². The van der Waals surface area contributed by atoms with E-state index in [4.69, 9.17) is 0 Å². The monoisotopic (exact) mass is 414 g/mol. The molecule has 0 bridgehead atoms. The summed E-state index contributed by atoms with van der Waals surface area (Å²) in [6, 6.07) is 1.66. The van der Waals surface area contributed by atoms with Crippen molar-refractivity contribution in [3.8, 4) is 0 Å². The zero-order valence-corrected chi connectivity index (χ0v) is 17.3. The topological polar surface area (TPSA) is 64.7 Å². The molecule has 1 saturated heterocycles. The van der Waals surface area contributed by atoms with Gasteiger partial charge in [-0.2, -0.15) is 13.2 Å². The Bertz CT molecular complexity index is 731. The first-order valence-corrected chi connectivity index (χ1v) is 9.83. The lowest BCUT2D eigenvalue weighted by Gasteiger charge is -2.38. The number of nitrogens with one attached hydrogen (secondary N) is 2. The fourth-order valence-corrected chi connectivity index (χ4v) is 3.77. The molecule has 0 aliphatic carbocycles. The van der Waals surface area contributed by atoms with Crippen LogP contribution in [0.3, 0.4) is 0 Å². The van der Waals surface area contributed by atoms with Crippen LogP contribution in [0, 0.1) is 0 Å². The van der Waals surface area contributed by atoms with Crippen molar-refractivity contribution in [1.82, 2.24) is 10.2 Å². The highest BCUT2D eigenvalue weighted by Gasteiger charge is 2.39. The third-order valence-electron chi connectivity index (χ3n) is 5.17. The molecule has 1 atom stereocenters. The summed E-state index contributed by atoms with van der Waals surface area (Å²) in [6.07, 6.45) is -2.66. The molecule has 6 nitrogen and oxygen atoms in total. The Balaban J connectivity index is 2.62. The molecule has 1 aromatic carbocycles. The first-order chi connectivity index (χ1) is 13.6. The van der Waals surface area contributed by atoms with Crippen molar-refractivity contribution >= 4 is 23.7 Å². The summed E-state index contributed by atoms with van der Waals surface area (Å²) in [5.74, 6) is -0.654. The number of alkyl halides is 3. The second-order valence-corrected chi connectivity index (χ2v) is 7.36. The summed E-state index contributed by atoms with van der Waals surface area (Å²) < 4.78 is 41.7. The van der Waals surface area contributed by atoms with Crippen LogP contribution in [0.25, 0.3) is 0 Å². The Kier molecular flexibility index (Phi) is 7.51. The molecule has 1 aliphatic heterocycles. The number of carbonyl (C=O) groups excluding carboxylic acids is 2.